The molecule has 0 atom stereocenters. The largest absolute Gasteiger partial charge is 0.395 e. The summed E-state index contributed by atoms with van der Waals surface area (Å²) in [6.45, 7) is 0.685. The lowest BCUT2D eigenvalue weighted by Crippen LogP contribution is -2.11. The molecule has 3 rings (SSSR count). The average molecular weight is 365 g/mol. The van der Waals surface area contributed by atoms with Crippen LogP contribution in [0.1, 0.15) is 5.56 Å². The van der Waals surface area contributed by atoms with Crippen LogP contribution in [0.15, 0.2) is 60.7 Å². The molecule has 0 saturated heterocycles. The van der Waals surface area contributed by atoms with Crippen LogP contribution in [0.2, 0.25) is 0 Å². The van der Waals surface area contributed by atoms with E-state index >= 15 is 0 Å². The van der Waals surface area contributed by atoms with Crippen molar-refractivity contribution in [2.45, 2.75) is 6.54 Å². The molecule has 1 aromatic heterocycles. The standard InChI is InChI=1S/C19H19N5O3/c25-10-9-20-19-22-17(15-6-2-1-3-7-15)12-18(23-19)21-13-14-5-4-8-16(11-14)24(26)27/h1-8,11-12,25H,9-10,13H2,(H2,20,21,22,23). The number of benzene rings is 2. The Labute approximate surface area is 156 Å². The Bertz CT molecular complexity index is 918. The highest BCUT2D eigenvalue weighted by Gasteiger charge is 2.08. The third-order valence-corrected chi connectivity index (χ3v) is 3.79. The van der Waals surface area contributed by atoms with Crippen LogP contribution in [-0.2, 0) is 6.54 Å². The van der Waals surface area contributed by atoms with Crippen molar-refractivity contribution >= 4 is 17.5 Å². The number of aliphatic hydroxyl groups is 1. The summed E-state index contributed by atoms with van der Waals surface area (Å²) in [6, 6.07) is 17.9. The Morgan fingerprint density at radius 3 is 2.56 bits per heavy atom. The van der Waals surface area contributed by atoms with Gasteiger partial charge < -0.3 is 15.7 Å². The highest BCUT2D eigenvalue weighted by atomic mass is 16.6. The van der Waals surface area contributed by atoms with Gasteiger partial charge in [0.05, 0.1) is 17.2 Å². The van der Waals surface area contributed by atoms with Crippen molar-refractivity contribution < 1.29 is 10.0 Å². The summed E-state index contributed by atoms with van der Waals surface area (Å²) in [6.07, 6.45) is 0. The number of nitrogens with zero attached hydrogens (tertiary/aromatic N) is 3. The Morgan fingerprint density at radius 1 is 1.00 bits per heavy atom. The van der Waals surface area contributed by atoms with E-state index in [1.165, 1.54) is 12.1 Å². The first kappa shape index (κ1) is 18.3. The Hall–Kier alpha value is -3.52. The third kappa shape index (κ3) is 4.99. The quantitative estimate of drug-likeness (QED) is 0.415. The predicted molar refractivity (Wildman–Crippen MR) is 103 cm³/mol. The number of hydrogen-bond acceptors (Lipinski definition) is 7. The summed E-state index contributed by atoms with van der Waals surface area (Å²) in [5.74, 6) is 0.975. The lowest BCUT2D eigenvalue weighted by Gasteiger charge is -2.11. The first-order valence-electron chi connectivity index (χ1n) is 8.42. The maximum atomic E-state index is 10.9. The maximum absolute atomic E-state index is 10.9. The fourth-order valence-electron chi connectivity index (χ4n) is 2.51. The van der Waals surface area contributed by atoms with Crippen LogP contribution in [0.4, 0.5) is 17.5 Å². The highest BCUT2D eigenvalue weighted by molar-refractivity contribution is 5.64. The van der Waals surface area contributed by atoms with Crippen molar-refractivity contribution in [1.82, 2.24) is 9.97 Å². The van der Waals surface area contributed by atoms with Gasteiger partial charge in [-0.05, 0) is 5.56 Å². The first-order chi connectivity index (χ1) is 13.2. The van der Waals surface area contributed by atoms with Crippen LogP contribution in [0.25, 0.3) is 11.3 Å². The van der Waals surface area contributed by atoms with E-state index in [0.717, 1.165) is 16.8 Å². The summed E-state index contributed by atoms with van der Waals surface area (Å²) in [7, 11) is 0. The van der Waals surface area contributed by atoms with Crippen molar-refractivity contribution in [2.24, 2.45) is 0 Å². The van der Waals surface area contributed by atoms with E-state index in [9.17, 15) is 10.1 Å². The molecule has 2 aromatic carbocycles. The second kappa shape index (κ2) is 8.72. The molecule has 0 fully saturated rings. The Kier molecular flexibility index (Phi) is 5.91. The lowest BCUT2D eigenvalue weighted by atomic mass is 10.1. The third-order valence-electron chi connectivity index (χ3n) is 3.79. The smallest absolute Gasteiger partial charge is 0.269 e. The zero-order chi connectivity index (χ0) is 19.1. The number of aliphatic hydroxyl groups excluding tert-OH is 1. The Morgan fingerprint density at radius 2 is 1.81 bits per heavy atom. The molecular weight excluding hydrogens is 346 g/mol. The number of aromatic nitrogens is 2. The van der Waals surface area contributed by atoms with Gasteiger partial charge in [-0.25, -0.2) is 4.98 Å². The van der Waals surface area contributed by atoms with Gasteiger partial charge in [0.2, 0.25) is 5.95 Å². The van der Waals surface area contributed by atoms with Gasteiger partial charge >= 0.3 is 0 Å². The number of hydrogen-bond donors (Lipinski definition) is 3. The lowest BCUT2D eigenvalue weighted by molar-refractivity contribution is -0.384. The molecule has 3 aromatic rings. The molecule has 0 saturated carbocycles. The number of rotatable bonds is 8. The summed E-state index contributed by atoms with van der Waals surface area (Å²) in [5, 5.41) is 26.1. The second-order valence-corrected chi connectivity index (χ2v) is 5.76. The molecule has 0 radical (unpaired) electrons. The van der Waals surface area contributed by atoms with E-state index in [-0.39, 0.29) is 12.3 Å². The highest BCUT2D eigenvalue weighted by Crippen LogP contribution is 2.22. The van der Waals surface area contributed by atoms with Crippen molar-refractivity contribution in [3.8, 4) is 11.3 Å². The molecule has 0 amide bonds. The van der Waals surface area contributed by atoms with Gasteiger partial charge in [0.25, 0.3) is 5.69 Å². The van der Waals surface area contributed by atoms with E-state index in [0.29, 0.717) is 24.9 Å². The van der Waals surface area contributed by atoms with Gasteiger partial charge in [0.1, 0.15) is 5.82 Å². The average Bonchev–Trinajstić information content (AvgIpc) is 2.71. The minimum absolute atomic E-state index is 0.0324. The van der Waals surface area contributed by atoms with Crippen LogP contribution in [0, 0.1) is 10.1 Å². The molecule has 0 aliphatic rings. The molecule has 0 aliphatic carbocycles. The van der Waals surface area contributed by atoms with E-state index in [4.69, 9.17) is 5.11 Å². The fraction of sp³-hybridized carbons (Fsp3) is 0.158. The normalized spacial score (nSPS) is 10.4. The molecular formula is C19H19N5O3. The van der Waals surface area contributed by atoms with Crippen molar-refractivity contribution in [3.05, 3.63) is 76.3 Å². The SMILES string of the molecule is O=[N+]([O-])c1cccc(CNc2cc(-c3ccccc3)nc(NCCO)n2)c1. The van der Waals surface area contributed by atoms with Crippen molar-refractivity contribution in [2.75, 3.05) is 23.8 Å². The predicted octanol–water partition coefficient (Wildman–Crippen LogP) is 3.07. The summed E-state index contributed by atoms with van der Waals surface area (Å²) < 4.78 is 0. The molecule has 0 aliphatic heterocycles. The molecule has 8 nitrogen and oxygen atoms in total. The monoisotopic (exact) mass is 365 g/mol. The van der Waals surface area contributed by atoms with Crippen LogP contribution in [-0.4, -0.2) is 33.1 Å². The molecule has 8 heteroatoms. The topological polar surface area (TPSA) is 113 Å². The molecule has 0 spiro atoms. The van der Waals surface area contributed by atoms with E-state index in [1.54, 1.807) is 6.07 Å². The number of nitrogens with one attached hydrogen (secondary N) is 2. The van der Waals surface area contributed by atoms with E-state index < -0.39 is 4.92 Å². The van der Waals surface area contributed by atoms with Crippen LogP contribution in [0.5, 0.6) is 0 Å². The van der Waals surface area contributed by atoms with Gasteiger partial charge in [-0.1, -0.05) is 42.5 Å². The summed E-state index contributed by atoms with van der Waals surface area (Å²) in [4.78, 5) is 19.4. The van der Waals surface area contributed by atoms with Gasteiger partial charge in [0, 0.05) is 36.9 Å². The molecule has 1 heterocycles. The van der Waals surface area contributed by atoms with Gasteiger partial charge in [-0.15, -0.1) is 0 Å². The summed E-state index contributed by atoms with van der Waals surface area (Å²) >= 11 is 0. The molecule has 3 N–H and O–H groups in total. The van der Waals surface area contributed by atoms with Gasteiger partial charge in [-0.3, -0.25) is 10.1 Å². The fourth-order valence-corrected chi connectivity index (χ4v) is 2.51. The second-order valence-electron chi connectivity index (χ2n) is 5.76. The number of anilines is 2. The van der Waals surface area contributed by atoms with E-state index in [1.807, 2.05) is 42.5 Å². The Balaban J connectivity index is 1.83. The maximum Gasteiger partial charge on any atom is 0.269 e. The van der Waals surface area contributed by atoms with Crippen LogP contribution < -0.4 is 10.6 Å². The zero-order valence-electron chi connectivity index (χ0n) is 14.5. The zero-order valence-corrected chi connectivity index (χ0v) is 14.5. The van der Waals surface area contributed by atoms with Gasteiger partial charge in [0.15, 0.2) is 0 Å². The minimum atomic E-state index is -0.418. The van der Waals surface area contributed by atoms with Crippen LogP contribution >= 0.6 is 0 Å². The number of nitro benzene ring substituents is 1. The summed E-state index contributed by atoms with van der Waals surface area (Å²) in [5.41, 5.74) is 2.49. The number of nitro groups is 1. The minimum Gasteiger partial charge on any atom is -0.395 e. The molecule has 0 unspecified atom stereocenters. The van der Waals surface area contributed by atoms with Crippen molar-refractivity contribution in [3.63, 3.8) is 0 Å². The van der Waals surface area contributed by atoms with Gasteiger partial charge in [-0.2, -0.15) is 4.98 Å². The molecule has 138 valence electrons. The van der Waals surface area contributed by atoms with Crippen molar-refractivity contribution in [1.29, 1.82) is 0 Å². The molecule has 27 heavy (non-hydrogen) atoms. The molecule has 0 bridgehead atoms. The van der Waals surface area contributed by atoms with Crippen LogP contribution in [0.3, 0.4) is 0 Å². The van der Waals surface area contributed by atoms with E-state index in [2.05, 4.69) is 20.6 Å². The number of non-ortho nitro benzene ring substituents is 1. The first-order valence-corrected chi connectivity index (χ1v) is 8.42.